The normalized spacial score (nSPS) is 18.5. The molecule has 0 saturated heterocycles. The van der Waals surface area contributed by atoms with E-state index in [2.05, 4.69) is 6.92 Å². The number of carbonyl (C=O) groups excluding carboxylic acids is 1. The van der Waals surface area contributed by atoms with Crippen LogP contribution in [0.4, 0.5) is 0 Å². The molecule has 0 aliphatic heterocycles. The Morgan fingerprint density at radius 3 is 2.31 bits per heavy atom. The van der Waals surface area contributed by atoms with E-state index in [-0.39, 0.29) is 22.8 Å². The first kappa shape index (κ1) is 22.8. The van der Waals surface area contributed by atoms with Crippen molar-refractivity contribution in [1.29, 1.82) is 10.5 Å². The number of esters is 1. The highest BCUT2D eigenvalue weighted by molar-refractivity contribution is 5.93. The third-order valence-electron chi connectivity index (χ3n) is 5.65. The zero-order valence-electron chi connectivity index (χ0n) is 17.7. The number of nitriles is 2. The summed E-state index contributed by atoms with van der Waals surface area (Å²) in [5.41, 5.74) is 0.300. The molecule has 5 nitrogen and oxygen atoms in total. The molecule has 1 aliphatic carbocycles. The van der Waals surface area contributed by atoms with Gasteiger partial charge in [-0.3, -0.25) is 0 Å². The van der Waals surface area contributed by atoms with Crippen LogP contribution >= 0.6 is 0 Å². The standard InChI is InChI=1S/C24H32N2O3/c1-3-5-7-8-18-9-11-19(12-10-18)29-24(27)20-13-14-23(28-15-6-4-2)22(17-26)21(20)16-25/h13-14,18-19H,3-12,15H2,1-2H3/t18-,19-. The lowest BCUT2D eigenvalue weighted by Crippen LogP contribution is -2.25. The lowest BCUT2D eigenvalue weighted by molar-refractivity contribution is 0.0160. The van der Waals surface area contributed by atoms with Gasteiger partial charge in [0.1, 0.15) is 29.6 Å². The van der Waals surface area contributed by atoms with Gasteiger partial charge in [-0.05, 0) is 50.2 Å². The highest BCUT2D eigenvalue weighted by Gasteiger charge is 2.26. The molecule has 5 heteroatoms. The Bertz CT molecular complexity index is 753. The molecule has 29 heavy (non-hydrogen) atoms. The van der Waals surface area contributed by atoms with Crippen LogP contribution in [0.3, 0.4) is 0 Å². The van der Waals surface area contributed by atoms with Crippen LogP contribution in [-0.2, 0) is 4.74 Å². The second-order valence-electron chi connectivity index (χ2n) is 7.83. The molecule has 1 aromatic rings. The van der Waals surface area contributed by atoms with Crippen LogP contribution in [0.2, 0.25) is 0 Å². The summed E-state index contributed by atoms with van der Waals surface area (Å²) >= 11 is 0. The fourth-order valence-corrected chi connectivity index (χ4v) is 3.86. The molecule has 0 aromatic heterocycles. The van der Waals surface area contributed by atoms with Crippen LogP contribution in [0.5, 0.6) is 5.75 Å². The van der Waals surface area contributed by atoms with E-state index in [9.17, 15) is 15.3 Å². The molecule has 0 spiro atoms. The fourth-order valence-electron chi connectivity index (χ4n) is 3.86. The van der Waals surface area contributed by atoms with Gasteiger partial charge in [-0.2, -0.15) is 10.5 Å². The summed E-state index contributed by atoms with van der Waals surface area (Å²) in [5.74, 6) is 0.560. The van der Waals surface area contributed by atoms with E-state index in [4.69, 9.17) is 9.47 Å². The van der Waals surface area contributed by atoms with E-state index in [0.29, 0.717) is 12.4 Å². The minimum absolute atomic E-state index is 0.0414. The van der Waals surface area contributed by atoms with Gasteiger partial charge in [-0.1, -0.05) is 46.0 Å². The molecule has 2 rings (SSSR count). The quantitative estimate of drug-likeness (QED) is 0.363. The second-order valence-corrected chi connectivity index (χ2v) is 7.83. The number of carbonyl (C=O) groups is 1. The molecule has 0 N–H and O–H groups in total. The minimum Gasteiger partial charge on any atom is -0.492 e. The molecule has 1 aromatic carbocycles. The minimum atomic E-state index is -0.521. The largest absolute Gasteiger partial charge is 0.492 e. The maximum absolute atomic E-state index is 12.7. The molecule has 156 valence electrons. The van der Waals surface area contributed by atoms with Crippen molar-refractivity contribution >= 4 is 5.97 Å². The number of nitrogens with zero attached hydrogens (tertiary/aromatic N) is 2. The van der Waals surface area contributed by atoms with E-state index < -0.39 is 5.97 Å². The molecule has 0 heterocycles. The summed E-state index contributed by atoms with van der Waals surface area (Å²) in [6.07, 6.45) is 10.7. The number of benzene rings is 1. The van der Waals surface area contributed by atoms with Crippen molar-refractivity contribution in [3.05, 3.63) is 28.8 Å². The molecule has 1 aliphatic rings. The first-order valence-electron chi connectivity index (χ1n) is 11.0. The summed E-state index contributed by atoms with van der Waals surface area (Å²) in [4.78, 5) is 12.7. The van der Waals surface area contributed by atoms with Crippen molar-refractivity contribution < 1.29 is 14.3 Å². The van der Waals surface area contributed by atoms with Gasteiger partial charge in [0.05, 0.1) is 17.7 Å². The van der Waals surface area contributed by atoms with E-state index in [1.807, 2.05) is 19.1 Å². The van der Waals surface area contributed by atoms with Crippen LogP contribution in [0, 0.1) is 28.6 Å². The van der Waals surface area contributed by atoms with Gasteiger partial charge in [0.15, 0.2) is 0 Å². The molecule has 1 fully saturated rings. The molecule has 0 atom stereocenters. The Morgan fingerprint density at radius 2 is 1.69 bits per heavy atom. The first-order chi connectivity index (χ1) is 14.1. The SMILES string of the molecule is CCCCC[C@H]1CC[C@H](OC(=O)c2ccc(OCCCC)c(C#N)c2C#N)CC1. The molecule has 0 bridgehead atoms. The summed E-state index contributed by atoms with van der Waals surface area (Å²) in [6, 6.07) is 7.15. The summed E-state index contributed by atoms with van der Waals surface area (Å²) < 4.78 is 11.3. The van der Waals surface area contributed by atoms with E-state index in [1.165, 1.54) is 25.7 Å². The third-order valence-corrected chi connectivity index (χ3v) is 5.65. The fraction of sp³-hybridized carbons (Fsp3) is 0.625. The summed E-state index contributed by atoms with van der Waals surface area (Å²) in [6.45, 7) is 4.74. The van der Waals surface area contributed by atoms with Crippen molar-refractivity contribution in [2.24, 2.45) is 5.92 Å². The van der Waals surface area contributed by atoms with E-state index in [1.54, 1.807) is 12.1 Å². The average Bonchev–Trinajstić information content (AvgIpc) is 2.74. The van der Waals surface area contributed by atoms with Crippen LogP contribution in [0.25, 0.3) is 0 Å². The maximum Gasteiger partial charge on any atom is 0.339 e. The number of rotatable bonds is 10. The van der Waals surface area contributed by atoms with Crippen LogP contribution in [0.1, 0.15) is 99.5 Å². The van der Waals surface area contributed by atoms with Crippen molar-refractivity contribution in [3.63, 3.8) is 0 Å². The highest BCUT2D eigenvalue weighted by Crippen LogP contribution is 2.31. The molecule has 0 amide bonds. The Kier molecular flexibility index (Phi) is 9.51. The van der Waals surface area contributed by atoms with Gasteiger partial charge in [-0.25, -0.2) is 4.79 Å². The lowest BCUT2D eigenvalue weighted by Gasteiger charge is -2.28. The Hall–Kier alpha value is -2.53. The van der Waals surface area contributed by atoms with Gasteiger partial charge in [0.2, 0.25) is 0 Å². The Labute approximate surface area is 174 Å². The number of ether oxygens (including phenoxy) is 2. The molecule has 0 unspecified atom stereocenters. The molecular weight excluding hydrogens is 364 g/mol. The van der Waals surface area contributed by atoms with Crippen LogP contribution in [-0.4, -0.2) is 18.7 Å². The van der Waals surface area contributed by atoms with Crippen molar-refractivity contribution in [2.45, 2.75) is 84.2 Å². The van der Waals surface area contributed by atoms with Gasteiger partial charge in [0.25, 0.3) is 0 Å². The first-order valence-corrected chi connectivity index (χ1v) is 11.0. The smallest absolute Gasteiger partial charge is 0.339 e. The van der Waals surface area contributed by atoms with Crippen LogP contribution < -0.4 is 4.74 Å². The summed E-state index contributed by atoms with van der Waals surface area (Å²) in [7, 11) is 0. The Balaban J connectivity index is 2.00. The van der Waals surface area contributed by atoms with Crippen molar-refractivity contribution in [2.75, 3.05) is 6.61 Å². The van der Waals surface area contributed by atoms with Crippen LogP contribution in [0.15, 0.2) is 12.1 Å². The molecular formula is C24H32N2O3. The Morgan fingerprint density at radius 1 is 1.00 bits per heavy atom. The number of hydrogen-bond donors (Lipinski definition) is 0. The number of unbranched alkanes of at least 4 members (excludes halogenated alkanes) is 3. The lowest BCUT2D eigenvalue weighted by atomic mass is 9.84. The van der Waals surface area contributed by atoms with Gasteiger partial charge < -0.3 is 9.47 Å². The molecule has 1 saturated carbocycles. The maximum atomic E-state index is 12.7. The van der Waals surface area contributed by atoms with Crippen molar-refractivity contribution in [3.8, 4) is 17.9 Å². The topological polar surface area (TPSA) is 83.1 Å². The highest BCUT2D eigenvalue weighted by atomic mass is 16.5. The van der Waals surface area contributed by atoms with E-state index in [0.717, 1.165) is 44.4 Å². The van der Waals surface area contributed by atoms with Gasteiger partial charge in [0, 0.05) is 0 Å². The van der Waals surface area contributed by atoms with Crippen molar-refractivity contribution in [1.82, 2.24) is 0 Å². The zero-order valence-corrected chi connectivity index (χ0v) is 17.7. The zero-order chi connectivity index (χ0) is 21.1. The monoisotopic (exact) mass is 396 g/mol. The second kappa shape index (κ2) is 12.1. The van der Waals surface area contributed by atoms with Gasteiger partial charge in [-0.15, -0.1) is 0 Å². The van der Waals surface area contributed by atoms with E-state index >= 15 is 0 Å². The predicted molar refractivity (Wildman–Crippen MR) is 112 cm³/mol. The molecule has 0 radical (unpaired) electrons. The average molecular weight is 397 g/mol. The third kappa shape index (κ3) is 6.50. The summed E-state index contributed by atoms with van der Waals surface area (Å²) in [5, 5.41) is 19.1. The number of hydrogen-bond acceptors (Lipinski definition) is 5. The predicted octanol–water partition coefficient (Wildman–Crippen LogP) is 5.90. The van der Waals surface area contributed by atoms with Gasteiger partial charge >= 0.3 is 5.97 Å².